The molecule has 94 valence electrons. The van der Waals surface area contributed by atoms with Crippen molar-refractivity contribution in [3.05, 3.63) is 60.1 Å². The molecule has 0 bridgehead atoms. The van der Waals surface area contributed by atoms with Gasteiger partial charge in [-0.1, -0.05) is 30.3 Å². The zero-order valence-electron chi connectivity index (χ0n) is 9.96. The van der Waals surface area contributed by atoms with Crippen LogP contribution in [0.5, 0.6) is 0 Å². The Balaban J connectivity index is 1.61. The third-order valence-corrected chi connectivity index (χ3v) is 2.41. The van der Waals surface area contributed by atoms with Crippen LogP contribution in [0.25, 0.3) is 0 Å². The van der Waals surface area contributed by atoms with E-state index in [1.807, 2.05) is 30.3 Å². The maximum absolute atomic E-state index is 11.4. The summed E-state index contributed by atoms with van der Waals surface area (Å²) in [6.45, 7) is 1.70. The Morgan fingerprint density at radius 1 is 1.17 bits per heavy atom. The molecule has 2 rings (SSSR count). The van der Waals surface area contributed by atoms with Crippen LogP contribution in [0.4, 0.5) is 0 Å². The highest BCUT2D eigenvalue weighted by Gasteiger charge is 2.08. The summed E-state index contributed by atoms with van der Waals surface area (Å²) in [6, 6.07) is 13.3. The second-order valence-electron chi connectivity index (χ2n) is 3.78. The number of benzene rings is 1. The summed E-state index contributed by atoms with van der Waals surface area (Å²) in [5.41, 5.74) is 1.20. The van der Waals surface area contributed by atoms with Crippen LogP contribution in [-0.2, 0) is 11.3 Å². The number of ether oxygens (including phenoxy) is 1. The zero-order valence-corrected chi connectivity index (χ0v) is 9.96. The SMILES string of the molecule is O=C(OCCNCc1ccccc1)c1ccco1. The standard InChI is InChI=1S/C14H15NO3/c16-14(13-7-4-9-17-13)18-10-8-15-11-12-5-2-1-3-6-12/h1-7,9,15H,8,10-11H2. The van der Waals surface area contributed by atoms with Gasteiger partial charge >= 0.3 is 5.97 Å². The van der Waals surface area contributed by atoms with Crippen molar-refractivity contribution >= 4 is 5.97 Å². The fourth-order valence-electron chi connectivity index (χ4n) is 1.51. The van der Waals surface area contributed by atoms with Gasteiger partial charge in [0.2, 0.25) is 5.76 Å². The molecule has 4 heteroatoms. The summed E-state index contributed by atoms with van der Waals surface area (Å²) < 4.78 is 9.96. The third-order valence-electron chi connectivity index (χ3n) is 2.41. The number of rotatable bonds is 6. The van der Waals surface area contributed by atoms with E-state index in [1.165, 1.54) is 11.8 Å². The van der Waals surface area contributed by atoms with Gasteiger partial charge < -0.3 is 14.5 Å². The van der Waals surface area contributed by atoms with Crippen molar-refractivity contribution < 1.29 is 13.9 Å². The van der Waals surface area contributed by atoms with Crippen LogP contribution in [0.3, 0.4) is 0 Å². The van der Waals surface area contributed by atoms with Gasteiger partial charge in [-0.3, -0.25) is 0 Å². The second kappa shape index (κ2) is 6.61. The summed E-state index contributed by atoms with van der Waals surface area (Å²) in [5.74, 6) is -0.195. The first-order chi connectivity index (χ1) is 8.86. The molecule has 1 N–H and O–H groups in total. The van der Waals surface area contributed by atoms with Crippen LogP contribution in [0.1, 0.15) is 16.1 Å². The topological polar surface area (TPSA) is 51.5 Å². The molecule has 1 heterocycles. The quantitative estimate of drug-likeness (QED) is 0.626. The van der Waals surface area contributed by atoms with Gasteiger partial charge in [-0.15, -0.1) is 0 Å². The van der Waals surface area contributed by atoms with Crippen LogP contribution in [-0.4, -0.2) is 19.1 Å². The van der Waals surface area contributed by atoms with E-state index in [-0.39, 0.29) is 5.76 Å². The normalized spacial score (nSPS) is 10.2. The minimum absolute atomic E-state index is 0.234. The Bertz CT molecular complexity index is 465. The monoisotopic (exact) mass is 245 g/mol. The van der Waals surface area contributed by atoms with E-state index in [4.69, 9.17) is 9.15 Å². The van der Waals surface area contributed by atoms with Gasteiger partial charge in [-0.05, 0) is 17.7 Å². The number of esters is 1. The Morgan fingerprint density at radius 2 is 2.00 bits per heavy atom. The Labute approximate surface area is 106 Å². The van der Waals surface area contributed by atoms with Crippen LogP contribution in [0.2, 0.25) is 0 Å². The van der Waals surface area contributed by atoms with Gasteiger partial charge in [-0.25, -0.2) is 4.79 Å². The molecule has 0 saturated heterocycles. The summed E-state index contributed by atoms with van der Waals surface area (Å²) in [4.78, 5) is 11.4. The average molecular weight is 245 g/mol. The molecule has 4 nitrogen and oxygen atoms in total. The number of nitrogens with one attached hydrogen (secondary N) is 1. The fraction of sp³-hybridized carbons (Fsp3) is 0.214. The van der Waals surface area contributed by atoms with Gasteiger partial charge in [-0.2, -0.15) is 0 Å². The molecule has 1 aromatic carbocycles. The third kappa shape index (κ3) is 3.75. The molecule has 0 amide bonds. The van der Waals surface area contributed by atoms with Gasteiger partial charge in [0.05, 0.1) is 6.26 Å². The molecular weight excluding hydrogens is 230 g/mol. The summed E-state index contributed by atoms with van der Waals surface area (Å²) in [7, 11) is 0. The highest BCUT2D eigenvalue weighted by atomic mass is 16.5. The van der Waals surface area contributed by atoms with Crippen LogP contribution >= 0.6 is 0 Å². The highest BCUT2D eigenvalue weighted by Crippen LogP contribution is 2.01. The molecule has 0 fully saturated rings. The first-order valence-electron chi connectivity index (χ1n) is 5.81. The molecule has 0 aliphatic rings. The minimum Gasteiger partial charge on any atom is -0.458 e. The lowest BCUT2D eigenvalue weighted by Crippen LogP contribution is -2.20. The maximum atomic E-state index is 11.4. The molecule has 0 unspecified atom stereocenters. The average Bonchev–Trinajstić information content (AvgIpc) is 2.93. The highest BCUT2D eigenvalue weighted by molar-refractivity contribution is 5.86. The molecule has 0 spiro atoms. The van der Waals surface area contributed by atoms with Gasteiger partial charge in [0, 0.05) is 13.1 Å². The number of hydrogen-bond donors (Lipinski definition) is 1. The molecule has 0 radical (unpaired) electrons. The molecular formula is C14H15NO3. The first kappa shape index (κ1) is 12.4. The van der Waals surface area contributed by atoms with Crippen molar-refractivity contribution in [3.8, 4) is 0 Å². The molecule has 0 aliphatic heterocycles. The van der Waals surface area contributed by atoms with E-state index in [9.17, 15) is 4.79 Å². The minimum atomic E-state index is -0.429. The van der Waals surface area contributed by atoms with E-state index < -0.39 is 5.97 Å². The fourth-order valence-corrected chi connectivity index (χ4v) is 1.51. The maximum Gasteiger partial charge on any atom is 0.374 e. The van der Waals surface area contributed by atoms with E-state index in [0.717, 1.165) is 6.54 Å². The van der Waals surface area contributed by atoms with Crippen molar-refractivity contribution in [3.63, 3.8) is 0 Å². The van der Waals surface area contributed by atoms with Crippen LogP contribution in [0.15, 0.2) is 53.1 Å². The predicted octanol–water partition coefficient (Wildman–Crippen LogP) is 2.23. The zero-order chi connectivity index (χ0) is 12.6. The van der Waals surface area contributed by atoms with E-state index in [0.29, 0.717) is 13.2 Å². The largest absolute Gasteiger partial charge is 0.458 e. The van der Waals surface area contributed by atoms with Gasteiger partial charge in [0.15, 0.2) is 0 Å². The first-order valence-corrected chi connectivity index (χ1v) is 5.81. The summed E-state index contributed by atoms with van der Waals surface area (Å²) >= 11 is 0. The van der Waals surface area contributed by atoms with Crippen molar-refractivity contribution in [1.82, 2.24) is 5.32 Å². The van der Waals surface area contributed by atoms with Gasteiger partial charge in [0.1, 0.15) is 6.61 Å². The predicted molar refractivity (Wildman–Crippen MR) is 67.1 cm³/mol. The Hall–Kier alpha value is -2.07. The Morgan fingerprint density at radius 3 is 2.72 bits per heavy atom. The molecule has 0 saturated carbocycles. The van der Waals surface area contributed by atoms with E-state index in [1.54, 1.807) is 12.1 Å². The van der Waals surface area contributed by atoms with Crippen LogP contribution in [0, 0.1) is 0 Å². The second-order valence-corrected chi connectivity index (χ2v) is 3.78. The van der Waals surface area contributed by atoms with E-state index in [2.05, 4.69) is 5.32 Å². The molecule has 2 aromatic rings. The number of carbonyl (C=O) groups is 1. The molecule has 0 aliphatic carbocycles. The van der Waals surface area contributed by atoms with E-state index >= 15 is 0 Å². The van der Waals surface area contributed by atoms with Crippen molar-refractivity contribution in [2.45, 2.75) is 6.54 Å². The van der Waals surface area contributed by atoms with Crippen molar-refractivity contribution in [2.75, 3.05) is 13.2 Å². The van der Waals surface area contributed by atoms with Gasteiger partial charge in [0.25, 0.3) is 0 Å². The lowest BCUT2D eigenvalue weighted by molar-refractivity contribution is 0.0472. The number of carbonyl (C=O) groups excluding carboxylic acids is 1. The smallest absolute Gasteiger partial charge is 0.374 e. The summed E-state index contributed by atoms with van der Waals surface area (Å²) in [5, 5.41) is 3.19. The van der Waals surface area contributed by atoms with Crippen molar-refractivity contribution in [2.24, 2.45) is 0 Å². The lowest BCUT2D eigenvalue weighted by Gasteiger charge is -2.05. The molecule has 0 atom stereocenters. The summed E-state index contributed by atoms with van der Waals surface area (Å²) in [6.07, 6.45) is 1.45. The molecule has 18 heavy (non-hydrogen) atoms. The number of hydrogen-bond acceptors (Lipinski definition) is 4. The van der Waals surface area contributed by atoms with Crippen LogP contribution < -0.4 is 5.32 Å². The lowest BCUT2D eigenvalue weighted by atomic mass is 10.2. The number of furan rings is 1. The van der Waals surface area contributed by atoms with Crippen molar-refractivity contribution in [1.29, 1.82) is 0 Å². The molecule has 1 aromatic heterocycles. The Kier molecular flexibility index (Phi) is 4.55.